The molecule has 2 rings (SSSR count). The van der Waals surface area contributed by atoms with Gasteiger partial charge < -0.3 is 25.3 Å². The highest BCUT2D eigenvalue weighted by atomic mass is 16.5. The Morgan fingerprint density at radius 2 is 2.24 bits per heavy atom. The molecule has 1 amide bonds. The summed E-state index contributed by atoms with van der Waals surface area (Å²) in [4.78, 5) is 13.8. The van der Waals surface area contributed by atoms with E-state index >= 15 is 0 Å². The number of hydrogen-bond donors (Lipinski definition) is 2. The summed E-state index contributed by atoms with van der Waals surface area (Å²) in [6, 6.07) is 6.73. The molecular formula is C14H19N3O4. The quantitative estimate of drug-likeness (QED) is 0.362. The Balaban J connectivity index is 1.89. The molecule has 0 spiro atoms. The van der Waals surface area contributed by atoms with Crippen LogP contribution in [-0.4, -0.2) is 54.3 Å². The summed E-state index contributed by atoms with van der Waals surface area (Å²) in [5.74, 6) is 0.518. The predicted molar refractivity (Wildman–Crippen MR) is 76.4 cm³/mol. The second kappa shape index (κ2) is 6.94. The van der Waals surface area contributed by atoms with Crippen molar-refractivity contribution in [3.63, 3.8) is 0 Å². The number of oxime groups is 1. The Kier molecular flexibility index (Phi) is 4.99. The number of rotatable bonds is 4. The number of nitrogens with two attached hydrogens (primary N) is 1. The molecule has 0 aliphatic carbocycles. The fraction of sp³-hybridized carbons (Fsp3) is 0.429. The number of ether oxygens (including phenoxy) is 2. The topological polar surface area (TPSA) is 97.4 Å². The first-order chi connectivity index (χ1) is 10.1. The number of nitrogens with zero attached hydrogens (tertiary/aromatic N) is 2. The molecule has 0 saturated carbocycles. The number of morpholine rings is 1. The van der Waals surface area contributed by atoms with E-state index in [-0.39, 0.29) is 24.4 Å². The summed E-state index contributed by atoms with van der Waals surface area (Å²) >= 11 is 0. The van der Waals surface area contributed by atoms with Crippen molar-refractivity contribution in [2.75, 3.05) is 26.4 Å². The maximum Gasteiger partial charge on any atom is 0.260 e. The molecule has 7 nitrogen and oxygen atoms in total. The average Bonchev–Trinajstić information content (AvgIpc) is 2.52. The van der Waals surface area contributed by atoms with Gasteiger partial charge in [0, 0.05) is 12.1 Å². The molecule has 1 atom stereocenters. The van der Waals surface area contributed by atoms with Crippen LogP contribution < -0.4 is 10.5 Å². The highest BCUT2D eigenvalue weighted by Gasteiger charge is 2.23. The summed E-state index contributed by atoms with van der Waals surface area (Å²) in [6.07, 6.45) is 0. The van der Waals surface area contributed by atoms with Gasteiger partial charge in [-0.25, -0.2) is 0 Å². The lowest BCUT2D eigenvalue weighted by molar-refractivity contribution is -0.141. The van der Waals surface area contributed by atoms with Gasteiger partial charge in [0.05, 0.1) is 19.3 Å². The zero-order valence-corrected chi connectivity index (χ0v) is 11.9. The third-order valence-electron chi connectivity index (χ3n) is 3.31. The van der Waals surface area contributed by atoms with Crippen LogP contribution in [0.2, 0.25) is 0 Å². The van der Waals surface area contributed by atoms with Crippen LogP contribution in [0.5, 0.6) is 5.75 Å². The molecule has 1 aromatic rings. The van der Waals surface area contributed by atoms with Crippen molar-refractivity contribution in [2.24, 2.45) is 10.9 Å². The van der Waals surface area contributed by atoms with Gasteiger partial charge in [0.15, 0.2) is 12.4 Å². The second-order valence-electron chi connectivity index (χ2n) is 4.81. The van der Waals surface area contributed by atoms with E-state index in [1.807, 2.05) is 6.92 Å². The Morgan fingerprint density at radius 1 is 1.52 bits per heavy atom. The number of carbonyl (C=O) groups excluding carboxylic acids is 1. The molecule has 0 aromatic heterocycles. The fourth-order valence-electron chi connectivity index (χ4n) is 2.11. The third kappa shape index (κ3) is 3.85. The smallest absolute Gasteiger partial charge is 0.260 e. The van der Waals surface area contributed by atoms with Crippen LogP contribution in [0.1, 0.15) is 12.5 Å². The van der Waals surface area contributed by atoms with Crippen molar-refractivity contribution in [1.82, 2.24) is 4.90 Å². The lowest BCUT2D eigenvalue weighted by Gasteiger charge is -2.33. The van der Waals surface area contributed by atoms with Crippen LogP contribution in [0.15, 0.2) is 29.4 Å². The molecular weight excluding hydrogens is 274 g/mol. The van der Waals surface area contributed by atoms with Crippen LogP contribution in [0, 0.1) is 0 Å². The average molecular weight is 293 g/mol. The summed E-state index contributed by atoms with van der Waals surface area (Å²) in [5.41, 5.74) is 6.05. The standard InChI is InChI=1S/C14H19N3O4/c1-10-8-20-7-6-17(10)13(18)9-21-12-4-2-11(3-5-12)14(15)16-19/h2-5,10,19H,6-9H2,1H3,(H2,15,16). The molecule has 7 heteroatoms. The van der Waals surface area contributed by atoms with E-state index in [0.717, 1.165) is 0 Å². The summed E-state index contributed by atoms with van der Waals surface area (Å²) < 4.78 is 10.8. The van der Waals surface area contributed by atoms with Crippen molar-refractivity contribution >= 4 is 11.7 Å². The van der Waals surface area contributed by atoms with Crippen LogP contribution in [0.4, 0.5) is 0 Å². The third-order valence-corrected chi connectivity index (χ3v) is 3.31. The molecule has 1 fully saturated rings. The first-order valence-corrected chi connectivity index (χ1v) is 6.70. The van der Waals surface area contributed by atoms with Gasteiger partial charge in [0.25, 0.3) is 5.91 Å². The van der Waals surface area contributed by atoms with E-state index in [9.17, 15) is 4.79 Å². The van der Waals surface area contributed by atoms with Crippen LogP contribution in [0.25, 0.3) is 0 Å². The van der Waals surface area contributed by atoms with Gasteiger partial charge in [-0.2, -0.15) is 0 Å². The lowest BCUT2D eigenvalue weighted by Crippen LogP contribution is -2.48. The maximum atomic E-state index is 12.1. The molecule has 1 heterocycles. The molecule has 1 saturated heterocycles. The van der Waals surface area contributed by atoms with E-state index < -0.39 is 0 Å². The van der Waals surface area contributed by atoms with E-state index in [2.05, 4.69) is 5.16 Å². The van der Waals surface area contributed by atoms with Gasteiger partial charge in [-0.1, -0.05) is 5.16 Å². The molecule has 114 valence electrons. The highest BCUT2D eigenvalue weighted by Crippen LogP contribution is 2.13. The molecule has 3 N–H and O–H groups in total. The zero-order valence-electron chi connectivity index (χ0n) is 11.9. The predicted octanol–water partition coefficient (Wildman–Crippen LogP) is 0.407. The summed E-state index contributed by atoms with van der Waals surface area (Å²) in [6.45, 7) is 3.63. The van der Waals surface area contributed by atoms with Gasteiger partial charge in [-0.3, -0.25) is 4.79 Å². The van der Waals surface area contributed by atoms with Crippen molar-refractivity contribution < 1.29 is 19.5 Å². The van der Waals surface area contributed by atoms with Crippen LogP contribution >= 0.6 is 0 Å². The van der Waals surface area contributed by atoms with Gasteiger partial charge in [0.1, 0.15) is 5.75 Å². The van der Waals surface area contributed by atoms with Crippen LogP contribution in [-0.2, 0) is 9.53 Å². The van der Waals surface area contributed by atoms with Gasteiger partial charge in [0.2, 0.25) is 0 Å². The van der Waals surface area contributed by atoms with Crippen molar-refractivity contribution in [1.29, 1.82) is 0 Å². The maximum absolute atomic E-state index is 12.1. The van der Waals surface area contributed by atoms with E-state index in [1.54, 1.807) is 29.2 Å². The SMILES string of the molecule is CC1COCCN1C(=O)COc1ccc(/C(N)=N/O)cc1. The first-order valence-electron chi connectivity index (χ1n) is 6.70. The molecule has 0 radical (unpaired) electrons. The molecule has 1 unspecified atom stereocenters. The molecule has 21 heavy (non-hydrogen) atoms. The van der Waals surface area contributed by atoms with Gasteiger partial charge in [-0.15, -0.1) is 0 Å². The second-order valence-corrected chi connectivity index (χ2v) is 4.81. The minimum Gasteiger partial charge on any atom is -0.484 e. The Bertz CT molecular complexity index is 515. The van der Waals surface area contributed by atoms with Crippen LogP contribution in [0.3, 0.4) is 0 Å². The number of benzene rings is 1. The van der Waals surface area contributed by atoms with Gasteiger partial charge in [-0.05, 0) is 31.2 Å². The van der Waals surface area contributed by atoms with E-state index in [4.69, 9.17) is 20.4 Å². The largest absolute Gasteiger partial charge is 0.484 e. The minimum atomic E-state index is -0.0636. The molecule has 1 aliphatic heterocycles. The van der Waals surface area contributed by atoms with Gasteiger partial charge >= 0.3 is 0 Å². The monoisotopic (exact) mass is 293 g/mol. The van der Waals surface area contributed by atoms with E-state index in [0.29, 0.717) is 31.1 Å². The van der Waals surface area contributed by atoms with Crippen molar-refractivity contribution in [3.05, 3.63) is 29.8 Å². The zero-order chi connectivity index (χ0) is 15.2. The number of hydrogen-bond acceptors (Lipinski definition) is 5. The highest BCUT2D eigenvalue weighted by molar-refractivity contribution is 5.97. The van der Waals surface area contributed by atoms with Crippen molar-refractivity contribution in [2.45, 2.75) is 13.0 Å². The number of carbonyl (C=O) groups is 1. The fourth-order valence-corrected chi connectivity index (χ4v) is 2.11. The summed E-state index contributed by atoms with van der Waals surface area (Å²) in [5, 5.41) is 11.5. The minimum absolute atomic E-state index is 0.0206. The normalized spacial score (nSPS) is 19.4. The Hall–Kier alpha value is -2.28. The summed E-state index contributed by atoms with van der Waals surface area (Å²) in [7, 11) is 0. The molecule has 1 aromatic carbocycles. The van der Waals surface area contributed by atoms with Crippen molar-refractivity contribution in [3.8, 4) is 5.75 Å². The Labute approximate surface area is 122 Å². The Morgan fingerprint density at radius 3 is 2.86 bits per heavy atom. The number of amides is 1. The molecule has 0 bridgehead atoms. The first kappa shape index (κ1) is 15.1. The number of amidine groups is 1. The lowest BCUT2D eigenvalue weighted by atomic mass is 10.2. The molecule has 1 aliphatic rings. The van der Waals surface area contributed by atoms with E-state index in [1.165, 1.54) is 0 Å².